The smallest absolute Gasteiger partial charge is 0.261 e. The Bertz CT molecular complexity index is 883. The van der Waals surface area contributed by atoms with Gasteiger partial charge in [0.05, 0.1) is 17.2 Å². The van der Waals surface area contributed by atoms with Crippen LogP contribution in [-0.2, 0) is 10.0 Å². The van der Waals surface area contributed by atoms with Crippen molar-refractivity contribution < 1.29 is 13.2 Å². The first-order chi connectivity index (χ1) is 10.6. The van der Waals surface area contributed by atoms with Gasteiger partial charge in [0.1, 0.15) is 5.75 Å². The first-order valence-corrected chi connectivity index (χ1v) is 8.39. The van der Waals surface area contributed by atoms with Crippen LogP contribution in [-0.4, -0.2) is 20.0 Å². The minimum absolute atomic E-state index is 0.197. The van der Waals surface area contributed by atoms with Gasteiger partial charge >= 0.3 is 0 Å². The molecule has 2 aromatic carbocycles. The topological polar surface area (TPSA) is 71.2 Å². The van der Waals surface area contributed by atoms with Crippen LogP contribution in [0, 0.1) is 0 Å². The van der Waals surface area contributed by atoms with Gasteiger partial charge in [-0.05, 0) is 54.8 Å². The summed E-state index contributed by atoms with van der Waals surface area (Å²) in [6, 6.07) is 13.6. The zero-order chi connectivity index (χ0) is 15.6. The van der Waals surface area contributed by atoms with Gasteiger partial charge in [0, 0.05) is 11.7 Å². The molecule has 0 atom stereocenters. The van der Waals surface area contributed by atoms with E-state index in [0.717, 1.165) is 10.9 Å². The number of hydrogen-bond acceptors (Lipinski definition) is 3. The lowest BCUT2D eigenvalue weighted by Gasteiger charge is -2.09. The Morgan fingerprint density at radius 3 is 2.59 bits per heavy atom. The number of aromatic nitrogens is 1. The van der Waals surface area contributed by atoms with Crippen LogP contribution < -0.4 is 9.46 Å². The molecule has 0 aliphatic carbocycles. The molecule has 2 N–H and O–H groups in total. The van der Waals surface area contributed by atoms with Crippen molar-refractivity contribution in [1.82, 2.24) is 4.98 Å². The van der Waals surface area contributed by atoms with E-state index in [-0.39, 0.29) is 4.90 Å². The van der Waals surface area contributed by atoms with E-state index >= 15 is 0 Å². The predicted molar refractivity (Wildman–Crippen MR) is 86.7 cm³/mol. The van der Waals surface area contributed by atoms with Gasteiger partial charge in [0.2, 0.25) is 0 Å². The second kappa shape index (κ2) is 5.73. The second-order valence-corrected chi connectivity index (χ2v) is 6.47. The first kappa shape index (κ1) is 14.5. The van der Waals surface area contributed by atoms with Gasteiger partial charge in [-0.15, -0.1) is 0 Å². The van der Waals surface area contributed by atoms with Crippen LogP contribution in [0.5, 0.6) is 5.75 Å². The van der Waals surface area contributed by atoms with Gasteiger partial charge in [-0.3, -0.25) is 4.72 Å². The van der Waals surface area contributed by atoms with E-state index < -0.39 is 10.0 Å². The second-order valence-electron chi connectivity index (χ2n) is 4.79. The highest BCUT2D eigenvalue weighted by Gasteiger charge is 2.14. The van der Waals surface area contributed by atoms with Gasteiger partial charge < -0.3 is 9.72 Å². The fourth-order valence-electron chi connectivity index (χ4n) is 2.21. The largest absolute Gasteiger partial charge is 0.494 e. The fourth-order valence-corrected chi connectivity index (χ4v) is 3.26. The predicted octanol–water partition coefficient (Wildman–Crippen LogP) is 3.37. The number of nitrogens with one attached hydrogen (secondary N) is 2. The lowest BCUT2D eigenvalue weighted by Crippen LogP contribution is -2.12. The maximum atomic E-state index is 12.4. The summed E-state index contributed by atoms with van der Waals surface area (Å²) >= 11 is 0. The highest BCUT2D eigenvalue weighted by Crippen LogP contribution is 2.22. The minimum atomic E-state index is -3.62. The van der Waals surface area contributed by atoms with Gasteiger partial charge in [-0.1, -0.05) is 6.07 Å². The van der Waals surface area contributed by atoms with E-state index in [4.69, 9.17) is 4.74 Å². The highest BCUT2D eigenvalue weighted by atomic mass is 32.2. The van der Waals surface area contributed by atoms with Crippen molar-refractivity contribution in [1.29, 1.82) is 0 Å². The van der Waals surface area contributed by atoms with Crippen molar-refractivity contribution in [2.24, 2.45) is 0 Å². The molecule has 114 valence electrons. The first-order valence-electron chi connectivity index (χ1n) is 6.91. The van der Waals surface area contributed by atoms with Crippen LogP contribution in [0.2, 0.25) is 0 Å². The molecule has 0 radical (unpaired) electrons. The fraction of sp³-hybridized carbons (Fsp3) is 0.125. The zero-order valence-corrected chi connectivity index (χ0v) is 12.9. The summed E-state index contributed by atoms with van der Waals surface area (Å²) in [5, 5.41) is 1.03. The van der Waals surface area contributed by atoms with Crippen molar-refractivity contribution in [2.45, 2.75) is 11.8 Å². The van der Waals surface area contributed by atoms with E-state index in [2.05, 4.69) is 9.71 Å². The van der Waals surface area contributed by atoms with Gasteiger partial charge in [0.15, 0.2) is 0 Å². The Kier molecular flexibility index (Phi) is 3.77. The van der Waals surface area contributed by atoms with E-state index in [0.29, 0.717) is 18.0 Å². The maximum absolute atomic E-state index is 12.4. The van der Waals surface area contributed by atoms with Gasteiger partial charge in [0.25, 0.3) is 10.0 Å². The molecule has 0 aliphatic heterocycles. The Morgan fingerprint density at radius 2 is 1.86 bits per heavy atom. The number of rotatable bonds is 5. The molecule has 0 unspecified atom stereocenters. The average Bonchev–Trinajstić information content (AvgIpc) is 2.95. The van der Waals surface area contributed by atoms with Crippen LogP contribution >= 0.6 is 0 Å². The average molecular weight is 316 g/mol. The van der Waals surface area contributed by atoms with E-state index in [1.54, 1.807) is 24.3 Å². The number of sulfonamides is 1. The number of fused-ring (bicyclic) bond motifs is 1. The van der Waals surface area contributed by atoms with Crippen LogP contribution in [0.25, 0.3) is 10.9 Å². The highest BCUT2D eigenvalue weighted by molar-refractivity contribution is 7.92. The number of H-pyrrole nitrogens is 1. The minimum Gasteiger partial charge on any atom is -0.494 e. The summed E-state index contributed by atoms with van der Waals surface area (Å²) in [6.07, 6.45) is 1.81. The third-order valence-electron chi connectivity index (χ3n) is 3.25. The molecule has 5 nitrogen and oxygen atoms in total. The molecule has 0 fully saturated rings. The number of ether oxygens (including phenoxy) is 1. The maximum Gasteiger partial charge on any atom is 0.261 e. The monoisotopic (exact) mass is 316 g/mol. The van der Waals surface area contributed by atoms with Crippen molar-refractivity contribution in [3.63, 3.8) is 0 Å². The Labute approximate surface area is 129 Å². The summed E-state index contributed by atoms with van der Waals surface area (Å²) in [6.45, 7) is 2.42. The third kappa shape index (κ3) is 2.92. The molecule has 6 heteroatoms. The molecular weight excluding hydrogens is 300 g/mol. The van der Waals surface area contributed by atoms with Crippen LogP contribution in [0.1, 0.15) is 6.92 Å². The molecule has 0 amide bonds. The van der Waals surface area contributed by atoms with Crippen LogP contribution in [0.15, 0.2) is 59.6 Å². The van der Waals surface area contributed by atoms with Gasteiger partial charge in [-0.2, -0.15) is 0 Å². The lowest BCUT2D eigenvalue weighted by molar-refractivity contribution is 0.340. The number of anilines is 1. The molecule has 1 aromatic heterocycles. The Morgan fingerprint density at radius 1 is 1.09 bits per heavy atom. The molecule has 3 rings (SSSR count). The molecule has 0 spiro atoms. The normalized spacial score (nSPS) is 11.5. The summed E-state index contributed by atoms with van der Waals surface area (Å²) in [7, 11) is -3.62. The summed E-state index contributed by atoms with van der Waals surface area (Å²) in [4.78, 5) is 3.25. The van der Waals surface area contributed by atoms with Crippen molar-refractivity contribution >= 4 is 26.6 Å². The number of hydrogen-bond donors (Lipinski definition) is 2. The zero-order valence-electron chi connectivity index (χ0n) is 12.0. The van der Waals surface area contributed by atoms with Crippen LogP contribution in [0.3, 0.4) is 0 Å². The lowest BCUT2D eigenvalue weighted by atomic mass is 10.2. The molecule has 0 saturated heterocycles. The van der Waals surface area contributed by atoms with Crippen molar-refractivity contribution in [3.05, 3.63) is 54.7 Å². The van der Waals surface area contributed by atoms with E-state index in [1.807, 2.05) is 25.3 Å². The van der Waals surface area contributed by atoms with Crippen LogP contribution in [0.4, 0.5) is 5.69 Å². The summed E-state index contributed by atoms with van der Waals surface area (Å²) < 4.78 is 32.7. The van der Waals surface area contributed by atoms with E-state index in [9.17, 15) is 8.42 Å². The Balaban J connectivity index is 1.85. The van der Waals surface area contributed by atoms with Crippen molar-refractivity contribution in [3.8, 4) is 5.75 Å². The number of aromatic amines is 1. The molecule has 0 bridgehead atoms. The summed E-state index contributed by atoms with van der Waals surface area (Å²) in [5.74, 6) is 0.647. The van der Waals surface area contributed by atoms with E-state index in [1.165, 1.54) is 12.1 Å². The summed E-state index contributed by atoms with van der Waals surface area (Å²) in [5.41, 5.74) is 1.40. The van der Waals surface area contributed by atoms with Crippen molar-refractivity contribution in [2.75, 3.05) is 11.3 Å². The molecular formula is C16H16N2O3S. The molecule has 3 aromatic rings. The van der Waals surface area contributed by atoms with Gasteiger partial charge in [-0.25, -0.2) is 8.42 Å². The molecule has 1 heterocycles. The molecule has 0 aliphatic rings. The number of benzene rings is 2. The standard InChI is InChI=1S/C16H16N2O3S/c1-2-21-14-5-7-15(8-6-14)22(19,20)18-13-4-3-12-9-10-17-16(12)11-13/h3-11,17-18H,2H2,1H3. The third-order valence-corrected chi connectivity index (χ3v) is 4.65. The quantitative estimate of drug-likeness (QED) is 0.758. The Hall–Kier alpha value is -2.47. The molecule has 0 saturated carbocycles. The molecule has 22 heavy (non-hydrogen) atoms. The SMILES string of the molecule is CCOc1ccc(S(=O)(=O)Nc2ccc3cc[nH]c3c2)cc1.